The van der Waals surface area contributed by atoms with Crippen LogP contribution in [0, 0.1) is 11.7 Å². The zero-order valence-electron chi connectivity index (χ0n) is 23.2. The van der Waals surface area contributed by atoms with Crippen LogP contribution in [0.5, 0.6) is 0 Å². The van der Waals surface area contributed by atoms with Gasteiger partial charge in [-0.25, -0.2) is 4.39 Å². The molecule has 8 heteroatoms. The summed E-state index contributed by atoms with van der Waals surface area (Å²) in [6.45, 7) is 3.72. The summed E-state index contributed by atoms with van der Waals surface area (Å²) in [5, 5.41) is 7.75. The number of carbonyl (C=O) groups is 2. The molecule has 2 amide bonds. The molecule has 4 N–H and O–H groups in total. The number of benzene rings is 2. The molecule has 2 aliphatic heterocycles. The molecular weight excluding hydrogens is 505 g/mol. The maximum absolute atomic E-state index is 14.4. The summed E-state index contributed by atoms with van der Waals surface area (Å²) in [5.41, 5.74) is 9.05. The van der Waals surface area contributed by atoms with Gasteiger partial charge >= 0.3 is 0 Å². The number of likely N-dealkylation sites (tertiary alicyclic amines) is 1. The monoisotopic (exact) mass is 545 g/mol. The third-order valence-corrected chi connectivity index (χ3v) is 9.32. The second-order valence-corrected chi connectivity index (χ2v) is 12.0. The average molecular weight is 546 g/mol. The highest BCUT2D eigenvalue weighted by Crippen LogP contribution is 2.41. The molecule has 1 aromatic heterocycles. The number of hydrogen-bond donors (Lipinski definition) is 3. The maximum Gasteiger partial charge on any atom is 0.245 e. The number of hydrogen-bond acceptors (Lipinski definition) is 4. The van der Waals surface area contributed by atoms with Crippen LogP contribution in [0.15, 0.2) is 54.7 Å². The fraction of sp³-hybridized carbons (Fsp3) is 0.500. The fourth-order valence-electron chi connectivity index (χ4n) is 7.30. The molecule has 0 spiro atoms. The molecule has 212 valence electrons. The minimum absolute atomic E-state index is 0.0150. The van der Waals surface area contributed by atoms with E-state index in [0.29, 0.717) is 13.1 Å². The number of fused-ring (bicyclic) bond motifs is 2. The standard InChI is InChI=1S/C32H40FN5O2/c1-20(34)31(39)36-29(22-10-6-3-7-11-22)32(40)38-15-14-27-30(38)25(17-35-27)26-19-37(18-21-8-4-2-5-9-21)28-16-23(33)12-13-24(26)28/h2,4-5,8-9,12-13,16,19-20,22,25,27,29-30,35H,3,6-7,10-11,14-15,17-18,34H2,1H3,(H,36,39)/t20-,25+,27+,29-,30+/m0/s1. The lowest BCUT2D eigenvalue weighted by atomic mass is 9.82. The van der Waals surface area contributed by atoms with Crippen molar-refractivity contribution in [3.8, 4) is 0 Å². The van der Waals surface area contributed by atoms with Crippen molar-refractivity contribution in [2.45, 2.75) is 82.1 Å². The minimum Gasteiger partial charge on any atom is -0.343 e. The Morgan fingerprint density at radius 3 is 2.62 bits per heavy atom. The number of nitrogens with two attached hydrogens (primary N) is 1. The Labute approximate surface area is 235 Å². The van der Waals surface area contributed by atoms with E-state index in [4.69, 9.17) is 5.73 Å². The molecule has 0 bridgehead atoms. The first-order valence-corrected chi connectivity index (χ1v) is 14.8. The molecule has 2 aromatic carbocycles. The SMILES string of the molecule is C[C@H](N)C(=O)N[C@H](C(=O)N1CC[C@H]2NC[C@H](c3cn(Cc4ccccc4)c4cc(F)ccc34)[C@H]21)C1CCCCC1. The van der Waals surface area contributed by atoms with E-state index in [2.05, 4.69) is 33.5 Å². The molecule has 3 aromatic rings. The normalized spacial score (nSPS) is 24.7. The van der Waals surface area contributed by atoms with Gasteiger partial charge in [-0.2, -0.15) is 0 Å². The molecule has 3 aliphatic rings. The molecule has 1 aliphatic carbocycles. The van der Waals surface area contributed by atoms with Crippen molar-refractivity contribution in [1.82, 2.24) is 20.1 Å². The number of carbonyl (C=O) groups excluding carboxylic acids is 2. The van der Waals surface area contributed by atoms with Crippen molar-refractivity contribution in [1.29, 1.82) is 0 Å². The summed E-state index contributed by atoms with van der Waals surface area (Å²) in [4.78, 5) is 29.0. The zero-order chi connectivity index (χ0) is 27.8. The molecular formula is C32H40FN5O2. The highest BCUT2D eigenvalue weighted by atomic mass is 19.1. The molecule has 1 saturated carbocycles. The summed E-state index contributed by atoms with van der Waals surface area (Å²) in [7, 11) is 0. The van der Waals surface area contributed by atoms with E-state index in [0.717, 1.165) is 60.7 Å². The Morgan fingerprint density at radius 1 is 1.10 bits per heavy atom. The predicted octanol–water partition coefficient (Wildman–Crippen LogP) is 3.90. The lowest BCUT2D eigenvalue weighted by Gasteiger charge is -2.36. The number of nitrogens with zero attached hydrogens (tertiary/aromatic N) is 2. The Kier molecular flexibility index (Phi) is 7.64. The van der Waals surface area contributed by atoms with Gasteiger partial charge in [0.15, 0.2) is 0 Å². The lowest BCUT2D eigenvalue weighted by molar-refractivity contribution is -0.139. The van der Waals surface area contributed by atoms with Gasteiger partial charge < -0.3 is 25.8 Å². The molecule has 40 heavy (non-hydrogen) atoms. The number of rotatable bonds is 7. The Bertz CT molecular complexity index is 1370. The van der Waals surface area contributed by atoms with Crippen molar-refractivity contribution in [3.63, 3.8) is 0 Å². The Morgan fingerprint density at radius 2 is 1.88 bits per heavy atom. The number of aromatic nitrogens is 1. The first-order valence-electron chi connectivity index (χ1n) is 14.8. The van der Waals surface area contributed by atoms with E-state index in [-0.39, 0.29) is 41.6 Å². The van der Waals surface area contributed by atoms with Crippen LogP contribution in [-0.2, 0) is 16.1 Å². The highest BCUT2D eigenvalue weighted by Gasteiger charge is 2.49. The molecule has 3 heterocycles. The maximum atomic E-state index is 14.4. The van der Waals surface area contributed by atoms with E-state index in [1.54, 1.807) is 13.0 Å². The summed E-state index contributed by atoms with van der Waals surface area (Å²) in [5.74, 6) is -0.316. The summed E-state index contributed by atoms with van der Waals surface area (Å²) >= 11 is 0. The van der Waals surface area contributed by atoms with Crippen molar-refractivity contribution < 1.29 is 14.0 Å². The van der Waals surface area contributed by atoms with Gasteiger partial charge in [-0.05, 0) is 61.4 Å². The van der Waals surface area contributed by atoms with Gasteiger partial charge in [0.2, 0.25) is 11.8 Å². The van der Waals surface area contributed by atoms with Gasteiger partial charge in [-0.15, -0.1) is 0 Å². The van der Waals surface area contributed by atoms with Crippen LogP contribution >= 0.6 is 0 Å². The molecule has 3 fully saturated rings. The molecule has 2 saturated heterocycles. The smallest absolute Gasteiger partial charge is 0.245 e. The summed E-state index contributed by atoms with van der Waals surface area (Å²) in [6, 6.07) is 14.2. The molecule has 0 radical (unpaired) electrons. The van der Waals surface area contributed by atoms with Crippen LogP contribution in [0.4, 0.5) is 4.39 Å². The average Bonchev–Trinajstić information content (AvgIpc) is 3.66. The minimum atomic E-state index is -0.665. The molecule has 7 nitrogen and oxygen atoms in total. The van der Waals surface area contributed by atoms with Gasteiger partial charge in [0.25, 0.3) is 0 Å². The second-order valence-electron chi connectivity index (χ2n) is 12.0. The third kappa shape index (κ3) is 5.15. The Hall–Kier alpha value is -3.23. The van der Waals surface area contributed by atoms with Crippen LogP contribution in [0.2, 0.25) is 0 Å². The zero-order valence-corrected chi connectivity index (χ0v) is 23.2. The van der Waals surface area contributed by atoms with Gasteiger partial charge in [-0.1, -0.05) is 49.6 Å². The van der Waals surface area contributed by atoms with Crippen LogP contribution < -0.4 is 16.4 Å². The van der Waals surface area contributed by atoms with E-state index < -0.39 is 12.1 Å². The topological polar surface area (TPSA) is 92.4 Å². The number of amides is 2. The lowest BCUT2D eigenvalue weighted by Crippen LogP contribution is -2.57. The number of halogens is 1. The predicted molar refractivity (Wildman–Crippen MR) is 154 cm³/mol. The third-order valence-electron chi connectivity index (χ3n) is 9.32. The summed E-state index contributed by atoms with van der Waals surface area (Å²) < 4.78 is 16.6. The fourth-order valence-corrected chi connectivity index (χ4v) is 7.30. The van der Waals surface area contributed by atoms with Crippen molar-refractivity contribution in [2.24, 2.45) is 11.7 Å². The van der Waals surface area contributed by atoms with E-state index in [1.165, 1.54) is 12.5 Å². The van der Waals surface area contributed by atoms with Gasteiger partial charge in [0.1, 0.15) is 11.9 Å². The molecule has 6 rings (SSSR count). The largest absolute Gasteiger partial charge is 0.343 e. The van der Waals surface area contributed by atoms with Gasteiger partial charge in [0.05, 0.1) is 17.6 Å². The van der Waals surface area contributed by atoms with Crippen LogP contribution in [0.25, 0.3) is 10.9 Å². The highest BCUT2D eigenvalue weighted by molar-refractivity contribution is 5.90. The van der Waals surface area contributed by atoms with Crippen molar-refractivity contribution >= 4 is 22.7 Å². The Balaban J connectivity index is 1.33. The van der Waals surface area contributed by atoms with Gasteiger partial charge in [-0.3, -0.25) is 9.59 Å². The van der Waals surface area contributed by atoms with Gasteiger partial charge in [0, 0.05) is 43.2 Å². The second kappa shape index (κ2) is 11.3. The van der Waals surface area contributed by atoms with Crippen LogP contribution in [0.3, 0.4) is 0 Å². The first-order chi connectivity index (χ1) is 19.4. The van der Waals surface area contributed by atoms with E-state index in [9.17, 15) is 14.0 Å². The first kappa shape index (κ1) is 27.0. The van der Waals surface area contributed by atoms with Crippen molar-refractivity contribution in [2.75, 3.05) is 13.1 Å². The van der Waals surface area contributed by atoms with E-state index >= 15 is 0 Å². The molecule has 5 atom stereocenters. The van der Waals surface area contributed by atoms with E-state index in [1.807, 2.05) is 29.2 Å². The summed E-state index contributed by atoms with van der Waals surface area (Å²) in [6.07, 6.45) is 8.25. The van der Waals surface area contributed by atoms with Crippen molar-refractivity contribution in [3.05, 3.63) is 71.7 Å². The molecule has 0 unspecified atom stereocenters. The quantitative estimate of drug-likeness (QED) is 0.420. The van der Waals surface area contributed by atoms with Crippen LogP contribution in [0.1, 0.15) is 62.5 Å². The van der Waals surface area contributed by atoms with Crippen LogP contribution in [-0.4, -0.2) is 58.5 Å². The number of nitrogens with one attached hydrogen (secondary N) is 2.